The van der Waals surface area contributed by atoms with Crippen LogP contribution in [-0.4, -0.2) is 32.4 Å². The van der Waals surface area contributed by atoms with Crippen molar-refractivity contribution in [3.05, 3.63) is 77.1 Å². The van der Waals surface area contributed by atoms with E-state index in [0.717, 1.165) is 16.7 Å². The summed E-state index contributed by atoms with van der Waals surface area (Å²) in [6, 6.07) is 13.5. The van der Waals surface area contributed by atoms with Crippen LogP contribution in [0.3, 0.4) is 0 Å². The first-order valence-electron chi connectivity index (χ1n) is 11.3. The highest BCUT2D eigenvalue weighted by Crippen LogP contribution is 2.36. The van der Waals surface area contributed by atoms with E-state index in [0.29, 0.717) is 40.6 Å². The molecule has 0 spiro atoms. The molecule has 0 saturated carbocycles. The maximum absolute atomic E-state index is 12.6. The molecule has 2 aromatic heterocycles. The molecule has 10 heteroatoms. The number of rotatable bonds is 7. The number of nitrogens with two attached hydrogens (primary N) is 1. The number of ether oxygens (including phenoxy) is 2. The molecule has 180 valence electrons. The third-order valence-corrected chi connectivity index (χ3v) is 5.63. The normalized spacial score (nSPS) is 13.1. The van der Waals surface area contributed by atoms with Gasteiger partial charge in [-0.2, -0.15) is 15.3 Å². The highest BCUT2D eigenvalue weighted by atomic mass is 16.5. The third-order valence-electron chi connectivity index (χ3n) is 5.63. The summed E-state index contributed by atoms with van der Waals surface area (Å²) in [7, 11) is 0. The number of fused-ring (bicyclic) bond motifs is 1. The van der Waals surface area contributed by atoms with Gasteiger partial charge >= 0.3 is 5.97 Å². The Morgan fingerprint density at radius 2 is 2.06 bits per heavy atom. The topological polar surface area (TPSA) is 153 Å². The summed E-state index contributed by atoms with van der Waals surface area (Å²) in [6.45, 7) is 3.79. The van der Waals surface area contributed by atoms with E-state index in [4.69, 9.17) is 19.7 Å². The first-order chi connectivity index (χ1) is 17.4. The van der Waals surface area contributed by atoms with E-state index < -0.39 is 12.0 Å². The molecule has 1 atom stereocenters. The zero-order valence-electron chi connectivity index (χ0n) is 19.6. The van der Waals surface area contributed by atoms with Crippen LogP contribution in [-0.2, 0) is 16.0 Å². The van der Waals surface area contributed by atoms with Gasteiger partial charge in [0.05, 0.1) is 17.4 Å². The lowest BCUT2D eigenvalue weighted by Gasteiger charge is -2.12. The van der Waals surface area contributed by atoms with Crippen LogP contribution in [0.25, 0.3) is 28.6 Å². The van der Waals surface area contributed by atoms with Gasteiger partial charge in [-0.3, -0.25) is 5.10 Å². The summed E-state index contributed by atoms with van der Waals surface area (Å²) in [5, 5.41) is 20.2. The van der Waals surface area contributed by atoms with Crippen molar-refractivity contribution < 1.29 is 18.8 Å². The lowest BCUT2D eigenvalue weighted by atomic mass is 10.0. The number of carbonyl (C=O) groups is 1. The molecule has 10 nitrogen and oxygen atoms in total. The molecule has 0 amide bonds. The van der Waals surface area contributed by atoms with Crippen LogP contribution in [0.4, 0.5) is 0 Å². The standard InChI is InChI=1S/C26H22N6O4/c1-14(2)34-21-8-6-15(12-16(21)13-27)25-30-24(32-36-25)19-5-3-4-18-17(19)7-9-22(18)35-26(33)23(28)20-10-11-29-31-20/h3-6,8-12,14,23H,7,28H2,1-2H3,(H,29,31). The maximum atomic E-state index is 12.6. The largest absolute Gasteiger partial charge is 0.490 e. The van der Waals surface area contributed by atoms with Gasteiger partial charge in [0, 0.05) is 22.9 Å². The number of aromatic nitrogens is 4. The fraction of sp³-hybridized carbons (Fsp3) is 0.192. The molecule has 0 saturated heterocycles. The number of esters is 1. The number of allylic oxidation sites excluding steroid dienone is 1. The molecule has 0 radical (unpaired) electrons. The Hall–Kier alpha value is -4.75. The molecule has 36 heavy (non-hydrogen) atoms. The monoisotopic (exact) mass is 482 g/mol. The average molecular weight is 483 g/mol. The molecule has 1 aliphatic carbocycles. The van der Waals surface area contributed by atoms with Crippen molar-refractivity contribution >= 4 is 11.7 Å². The van der Waals surface area contributed by atoms with Gasteiger partial charge in [0.15, 0.2) is 0 Å². The molecule has 4 aromatic rings. The van der Waals surface area contributed by atoms with E-state index in [1.165, 1.54) is 6.20 Å². The molecule has 3 N–H and O–H groups in total. The summed E-state index contributed by atoms with van der Waals surface area (Å²) in [4.78, 5) is 17.1. The summed E-state index contributed by atoms with van der Waals surface area (Å²) in [5.74, 6) is 0.993. The Morgan fingerprint density at radius 1 is 1.22 bits per heavy atom. The predicted octanol–water partition coefficient (Wildman–Crippen LogP) is 3.93. The molecule has 1 aliphatic rings. The lowest BCUT2D eigenvalue weighted by molar-refractivity contribution is -0.138. The number of aromatic amines is 1. The number of nitriles is 1. The van der Waals surface area contributed by atoms with Gasteiger partial charge in [-0.25, -0.2) is 4.79 Å². The fourth-order valence-electron chi connectivity index (χ4n) is 3.94. The molecule has 2 heterocycles. The third kappa shape index (κ3) is 4.35. The average Bonchev–Trinajstić information content (AvgIpc) is 3.65. The first-order valence-corrected chi connectivity index (χ1v) is 11.3. The molecular formula is C26H22N6O4. The van der Waals surface area contributed by atoms with E-state index in [1.807, 2.05) is 38.1 Å². The quantitative estimate of drug-likeness (QED) is 0.373. The highest BCUT2D eigenvalue weighted by molar-refractivity contribution is 5.86. The van der Waals surface area contributed by atoms with Crippen LogP contribution < -0.4 is 10.5 Å². The molecule has 1 unspecified atom stereocenters. The van der Waals surface area contributed by atoms with Crippen LogP contribution in [0.5, 0.6) is 5.75 Å². The van der Waals surface area contributed by atoms with E-state index >= 15 is 0 Å². The molecular weight excluding hydrogens is 460 g/mol. The second-order valence-corrected chi connectivity index (χ2v) is 8.43. The second-order valence-electron chi connectivity index (χ2n) is 8.43. The summed E-state index contributed by atoms with van der Waals surface area (Å²) < 4.78 is 16.8. The van der Waals surface area contributed by atoms with Crippen LogP contribution in [0.15, 0.2) is 59.3 Å². The Balaban J connectivity index is 1.38. The number of hydrogen-bond acceptors (Lipinski definition) is 9. The lowest BCUT2D eigenvalue weighted by Crippen LogP contribution is -2.23. The van der Waals surface area contributed by atoms with Gasteiger partial charge in [-0.15, -0.1) is 0 Å². The Bertz CT molecular complexity index is 1500. The Labute approximate surface area is 206 Å². The molecule has 0 fully saturated rings. The van der Waals surface area contributed by atoms with E-state index in [-0.39, 0.29) is 12.0 Å². The summed E-state index contributed by atoms with van der Waals surface area (Å²) in [6.07, 6.45) is 3.81. The van der Waals surface area contributed by atoms with Gasteiger partial charge < -0.3 is 19.7 Å². The van der Waals surface area contributed by atoms with Crippen LogP contribution in [0, 0.1) is 11.3 Å². The summed E-state index contributed by atoms with van der Waals surface area (Å²) >= 11 is 0. The predicted molar refractivity (Wildman–Crippen MR) is 129 cm³/mol. The minimum atomic E-state index is -0.976. The van der Waals surface area contributed by atoms with Crippen molar-refractivity contribution in [2.75, 3.05) is 0 Å². The number of carbonyl (C=O) groups excluding carboxylic acids is 1. The maximum Gasteiger partial charge on any atom is 0.334 e. The van der Waals surface area contributed by atoms with Gasteiger partial charge in [-0.1, -0.05) is 23.4 Å². The molecule has 0 bridgehead atoms. The van der Waals surface area contributed by atoms with Gasteiger partial charge in [0.25, 0.3) is 5.89 Å². The molecule has 2 aromatic carbocycles. The number of nitrogens with zero attached hydrogens (tertiary/aromatic N) is 4. The van der Waals surface area contributed by atoms with E-state index in [1.54, 1.807) is 24.3 Å². The van der Waals surface area contributed by atoms with Crippen molar-refractivity contribution in [1.82, 2.24) is 20.3 Å². The van der Waals surface area contributed by atoms with Crippen molar-refractivity contribution in [2.24, 2.45) is 5.73 Å². The van der Waals surface area contributed by atoms with Crippen molar-refractivity contribution in [3.63, 3.8) is 0 Å². The van der Waals surface area contributed by atoms with Gasteiger partial charge in [-0.05, 0) is 56.2 Å². The molecule has 5 rings (SSSR count). The Morgan fingerprint density at radius 3 is 2.81 bits per heavy atom. The minimum Gasteiger partial charge on any atom is -0.490 e. The van der Waals surface area contributed by atoms with Crippen molar-refractivity contribution in [3.8, 4) is 34.7 Å². The van der Waals surface area contributed by atoms with Crippen molar-refractivity contribution in [1.29, 1.82) is 5.26 Å². The number of hydrogen-bond donors (Lipinski definition) is 2. The first kappa shape index (κ1) is 23.0. The zero-order chi connectivity index (χ0) is 25.2. The Kier molecular flexibility index (Phi) is 6.06. The van der Waals surface area contributed by atoms with Crippen LogP contribution >= 0.6 is 0 Å². The van der Waals surface area contributed by atoms with Crippen LogP contribution in [0.2, 0.25) is 0 Å². The number of benzene rings is 2. The second kappa shape index (κ2) is 9.48. The number of nitrogens with one attached hydrogen (secondary N) is 1. The van der Waals surface area contributed by atoms with Crippen molar-refractivity contribution in [2.45, 2.75) is 32.4 Å². The SMILES string of the molecule is CC(C)Oc1ccc(-c2nc(-c3cccc4c3CC=C4OC(=O)C(N)c3ccn[nH]3)no2)cc1C#N. The van der Waals surface area contributed by atoms with Gasteiger partial charge in [0.1, 0.15) is 23.6 Å². The number of H-pyrrole nitrogens is 1. The minimum absolute atomic E-state index is 0.0582. The smallest absolute Gasteiger partial charge is 0.334 e. The fourth-order valence-corrected chi connectivity index (χ4v) is 3.94. The van der Waals surface area contributed by atoms with Crippen LogP contribution in [0.1, 0.15) is 42.3 Å². The van der Waals surface area contributed by atoms with E-state index in [2.05, 4.69) is 26.4 Å². The summed E-state index contributed by atoms with van der Waals surface area (Å²) in [5.41, 5.74) is 9.85. The zero-order valence-corrected chi connectivity index (χ0v) is 19.6. The van der Waals surface area contributed by atoms with Gasteiger partial charge in [0.2, 0.25) is 5.82 Å². The van der Waals surface area contributed by atoms with E-state index in [9.17, 15) is 10.1 Å². The molecule has 0 aliphatic heterocycles. The highest BCUT2D eigenvalue weighted by Gasteiger charge is 2.26.